The lowest BCUT2D eigenvalue weighted by molar-refractivity contribution is -0.137. The maximum absolute atomic E-state index is 12.9. The summed E-state index contributed by atoms with van der Waals surface area (Å²) in [5, 5.41) is 2.12. The van der Waals surface area contributed by atoms with E-state index >= 15 is 0 Å². The third-order valence-corrected chi connectivity index (χ3v) is 1.86. The molecule has 0 aliphatic carbocycles. The monoisotopic (exact) mass is 251 g/mol. The molecule has 0 saturated heterocycles. The molecule has 0 aromatic heterocycles. The Bertz CT molecular complexity index is 417. The molecule has 7 heteroatoms. The molecule has 0 saturated carbocycles. The van der Waals surface area contributed by atoms with E-state index in [-0.39, 0.29) is 5.56 Å². The van der Waals surface area contributed by atoms with Gasteiger partial charge < -0.3 is 10.1 Å². The number of benzene rings is 1. The number of alkyl carbamates (subject to hydrolysis) is 1. The van der Waals surface area contributed by atoms with Crippen LogP contribution in [-0.2, 0) is 17.5 Å². The van der Waals surface area contributed by atoms with Gasteiger partial charge in [-0.15, -0.1) is 0 Å². The van der Waals surface area contributed by atoms with E-state index in [9.17, 15) is 22.4 Å². The minimum Gasteiger partial charge on any atom is -0.445 e. The van der Waals surface area contributed by atoms with Gasteiger partial charge in [-0.1, -0.05) is 0 Å². The standard InChI is InChI=1S/C10H9F4NO2/c1-15-9(16)17-5-6-2-7(10(12,13)14)4-8(11)3-6/h2-4H,5H2,1H3,(H,15,16). The van der Waals surface area contributed by atoms with Gasteiger partial charge in [0, 0.05) is 7.05 Å². The molecule has 0 atom stereocenters. The van der Waals surface area contributed by atoms with Crippen LogP contribution in [0.15, 0.2) is 18.2 Å². The van der Waals surface area contributed by atoms with Crippen LogP contribution in [0, 0.1) is 5.82 Å². The van der Waals surface area contributed by atoms with Crippen LogP contribution < -0.4 is 5.32 Å². The van der Waals surface area contributed by atoms with E-state index in [1.54, 1.807) is 0 Å². The molecule has 3 nitrogen and oxygen atoms in total. The zero-order chi connectivity index (χ0) is 13.1. The SMILES string of the molecule is CNC(=O)OCc1cc(F)cc(C(F)(F)F)c1. The van der Waals surface area contributed by atoms with Crippen molar-refractivity contribution in [1.82, 2.24) is 5.32 Å². The first-order valence-corrected chi connectivity index (χ1v) is 4.54. The van der Waals surface area contributed by atoms with Crippen molar-refractivity contribution in [2.45, 2.75) is 12.8 Å². The van der Waals surface area contributed by atoms with Crippen molar-refractivity contribution >= 4 is 6.09 Å². The molecule has 0 heterocycles. The number of halogens is 4. The van der Waals surface area contributed by atoms with Gasteiger partial charge in [-0.05, 0) is 23.8 Å². The summed E-state index contributed by atoms with van der Waals surface area (Å²) in [6.07, 6.45) is -5.44. The highest BCUT2D eigenvalue weighted by molar-refractivity contribution is 5.66. The van der Waals surface area contributed by atoms with E-state index in [2.05, 4.69) is 10.1 Å². The van der Waals surface area contributed by atoms with Gasteiger partial charge in [0.2, 0.25) is 0 Å². The third-order valence-electron chi connectivity index (χ3n) is 1.86. The average molecular weight is 251 g/mol. The number of amides is 1. The second-order valence-electron chi connectivity index (χ2n) is 3.17. The Hall–Kier alpha value is -1.79. The van der Waals surface area contributed by atoms with Crippen LogP contribution in [-0.4, -0.2) is 13.1 Å². The van der Waals surface area contributed by atoms with Gasteiger partial charge in [-0.3, -0.25) is 0 Å². The molecule has 0 aliphatic rings. The molecule has 0 radical (unpaired) electrons. The summed E-state index contributed by atoms with van der Waals surface area (Å²) in [5.41, 5.74) is -1.19. The van der Waals surface area contributed by atoms with Crippen LogP contribution in [0.3, 0.4) is 0 Å². The summed E-state index contributed by atoms with van der Waals surface area (Å²) < 4.78 is 54.4. The minimum atomic E-state index is -4.64. The summed E-state index contributed by atoms with van der Waals surface area (Å²) in [6, 6.07) is 1.98. The number of ether oxygens (including phenoxy) is 1. The molecule has 0 aliphatic heterocycles. The van der Waals surface area contributed by atoms with Gasteiger partial charge in [0.25, 0.3) is 0 Å². The quantitative estimate of drug-likeness (QED) is 0.821. The Kier molecular flexibility index (Phi) is 3.93. The van der Waals surface area contributed by atoms with Crippen molar-refractivity contribution in [2.75, 3.05) is 7.05 Å². The van der Waals surface area contributed by atoms with Gasteiger partial charge in [-0.2, -0.15) is 13.2 Å². The van der Waals surface area contributed by atoms with Crippen molar-refractivity contribution in [1.29, 1.82) is 0 Å². The Morgan fingerprint density at radius 3 is 2.53 bits per heavy atom. The van der Waals surface area contributed by atoms with Crippen molar-refractivity contribution < 1.29 is 27.1 Å². The third kappa shape index (κ3) is 3.93. The number of rotatable bonds is 2. The lowest BCUT2D eigenvalue weighted by Gasteiger charge is -2.09. The lowest BCUT2D eigenvalue weighted by Crippen LogP contribution is -2.19. The van der Waals surface area contributed by atoms with E-state index in [4.69, 9.17) is 0 Å². The average Bonchev–Trinajstić information content (AvgIpc) is 2.24. The van der Waals surface area contributed by atoms with E-state index in [0.717, 1.165) is 12.1 Å². The van der Waals surface area contributed by atoms with Crippen LogP contribution in [0.2, 0.25) is 0 Å². The topological polar surface area (TPSA) is 38.3 Å². The summed E-state index contributed by atoms with van der Waals surface area (Å²) in [4.78, 5) is 10.7. The predicted octanol–water partition coefficient (Wildman–Crippen LogP) is 2.70. The number of hydrogen-bond acceptors (Lipinski definition) is 2. The second-order valence-corrected chi connectivity index (χ2v) is 3.17. The molecule has 0 spiro atoms. The summed E-state index contributed by atoms with van der Waals surface area (Å²) in [6.45, 7) is -0.430. The summed E-state index contributed by atoms with van der Waals surface area (Å²) in [7, 11) is 1.30. The maximum Gasteiger partial charge on any atom is 0.416 e. The van der Waals surface area contributed by atoms with Crippen molar-refractivity contribution in [3.05, 3.63) is 35.1 Å². The zero-order valence-corrected chi connectivity index (χ0v) is 8.77. The Balaban J connectivity index is 2.87. The molecule has 1 rings (SSSR count). The molecule has 0 fully saturated rings. The molecule has 0 bridgehead atoms. The van der Waals surface area contributed by atoms with Crippen LogP contribution in [0.25, 0.3) is 0 Å². The fourth-order valence-corrected chi connectivity index (χ4v) is 1.12. The van der Waals surface area contributed by atoms with E-state index in [1.165, 1.54) is 7.05 Å². The molecule has 94 valence electrons. The number of carbonyl (C=O) groups is 1. The molecule has 0 unspecified atom stereocenters. The molecule has 17 heavy (non-hydrogen) atoms. The largest absolute Gasteiger partial charge is 0.445 e. The van der Waals surface area contributed by atoms with E-state index in [0.29, 0.717) is 6.07 Å². The van der Waals surface area contributed by atoms with E-state index in [1.807, 2.05) is 0 Å². The van der Waals surface area contributed by atoms with Crippen molar-refractivity contribution in [3.8, 4) is 0 Å². The summed E-state index contributed by atoms with van der Waals surface area (Å²) in [5.74, 6) is -1.03. The van der Waals surface area contributed by atoms with Crippen LogP contribution in [0.5, 0.6) is 0 Å². The normalized spacial score (nSPS) is 11.1. The first kappa shape index (κ1) is 13.3. The number of hydrogen-bond donors (Lipinski definition) is 1. The highest BCUT2D eigenvalue weighted by Crippen LogP contribution is 2.30. The Morgan fingerprint density at radius 2 is 2.00 bits per heavy atom. The number of nitrogens with one attached hydrogen (secondary N) is 1. The predicted molar refractivity (Wildman–Crippen MR) is 50.6 cm³/mol. The van der Waals surface area contributed by atoms with Gasteiger partial charge in [0.15, 0.2) is 0 Å². The fraction of sp³-hybridized carbons (Fsp3) is 0.300. The first-order chi connectivity index (χ1) is 7.82. The van der Waals surface area contributed by atoms with Crippen LogP contribution in [0.4, 0.5) is 22.4 Å². The first-order valence-electron chi connectivity index (χ1n) is 4.54. The molecular weight excluding hydrogens is 242 g/mol. The van der Waals surface area contributed by atoms with Gasteiger partial charge in [-0.25, -0.2) is 9.18 Å². The van der Waals surface area contributed by atoms with Crippen LogP contribution >= 0.6 is 0 Å². The summed E-state index contributed by atoms with van der Waals surface area (Å²) >= 11 is 0. The van der Waals surface area contributed by atoms with Crippen molar-refractivity contribution in [3.63, 3.8) is 0 Å². The second kappa shape index (κ2) is 5.03. The van der Waals surface area contributed by atoms with E-state index < -0.39 is 30.3 Å². The molecule has 1 aromatic rings. The lowest BCUT2D eigenvalue weighted by atomic mass is 10.1. The zero-order valence-electron chi connectivity index (χ0n) is 8.77. The maximum atomic E-state index is 12.9. The van der Waals surface area contributed by atoms with Crippen molar-refractivity contribution in [2.24, 2.45) is 0 Å². The minimum absolute atomic E-state index is 0.0686. The molecular formula is C10H9F4NO2. The highest BCUT2D eigenvalue weighted by Gasteiger charge is 2.31. The van der Waals surface area contributed by atoms with Gasteiger partial charge in [0.05, 0.1) is 5.56 Å². The molecule has 1 amide bonds. The Morgan fingerprint density at radius 1 is 1.35 bits per heavy atom. The molecule has 1 aromatic carbocycles. The Labute approximate surface area is 94.4 Å². The highest BCUT2D eigenvalue weighted by atomic mass is 19.4. The number of carbonyl (C=O) groups excluding carboxylic acids is 1. The number of alkyl halides is 3. The fourth-order valence-electron chi connectivity index (χ4n) is 1.12. The smallest absolute Gasteiger partial charge is 0.416 e. The molecule has 1 N–H and O–H groups in total. The van der Waals surface area contributed by atoms with Crippen LogP contribution in [0.1, 0.15) is 11.1 Å². The van der Waals surface area contributed by atoms with Gasteiger partial charge >= 0.3 is 12.3 Å². The van der Waals surface area contributed by atoms with Gasteiger partial charge in [0.1, 0.15) is 12.4 Å².